The summed E-state index contributed by atoms with van der Waals surface area (Å²) < 4.78 is 11.1. The molecule has 1 atom stereocenters. The first-order valence-electron chi connectivity index (χ1n) is 16.0. The third kappa shape index (κ3) is 7.91. The van der Waals surface area contributed by atoms with Crippen molar-refractivity contribution in [2.75, 3.05) is 37.0 Å². The van der Waals surface area contributed by atoms with Crippen LogP contribution in [-0.4, -0.2) is 78.7 Å². The first-order chi connectivity index (χ1) is 24.2. The van der Waals surface area contributed by atoms with Crippen molar-refractivity contribution in [3.63, 3.8) is 0 Å². The Morgan fingerprint density at radius 1 is 0.980 bits per heavy atom. The average molecular weight is 692 g/mol. The summed E-state index contributed by atoms with van der Waals surface area (Å²) in [6, 6.07) is 21.9. The lowest BCUT2D eigenvalue weighted by Crippen LogP contribution is -2.54. The molecule has 0 bridgehead atoms. The number of aromatic carboxylic acids is 1. The van der Waals surface area contributed by atoms with Crippen LogP contribution in [0.3, 0.4) is 0 Å². The summed E-state index contributed by atoms with van der Waals surface area (Å²) in [4.78, 5) is 70.3. The minimum Gasteiger partial charge on any atom is -0.496 e. The number of ether oxygens (including phenoxy) is 2. The number of fused-ring (bicyclic) bond motifs is 2. The van der Waals surface area contributed by atoms with Crippen LogP contribution in [0.1, 0.15) is 52.6 Å². The molecule has 0 fully saturated rings. The number of carbonyl (C=O) groups excluding carboxylic acids is 4. The van der Waals surface area contributed by atoms with E-state index in [4.69, 9.17) is 9.47 Å². The van der Waals surface area contributed by atoms with Gasteiger partial charge in [0, 0.05) is 18.2 Å². The van der Waals surface area contributed by atoms with Gasteiger partial charge in [-0.1, -0.05) is 30.3 Å². The van der Waals surface area contributed by atoms with E-state index < -0.39 is 48.0 Å². The number of carbonyl (C=O) groups is 5. The van der Waals surface area contributed by atoms with Crippen molar-refractivity contribution in [1.82, 2.24) is 10.2 Å². The molecule has 4 aromatic carbocycles. The molecule has 0 radical (unpaired) electrons. The number of rotatable bonds is 8. The second kappa shape index (κ2) is 14.6. The van der Waals surface area contributed by atoms with E-state index in [0.29, 0.717) is 11.3 Å². The molecule has 5 rings (SSSR count). The largest absolute Gasteiger partial charge is 0.496 e. The van der Waals surface area contributed by atoms with Gasteiger partial charge in [0.25, 0.3) is 11.8 Å². The molecule has 1 unspecified atom stereocenters. The number of carboxylic acid groups (broad SMARTS) is 1. The van der Waals surface area contributed by atoms with Gasteiger partial charge in [0.05, 0.1) is 48.8 Å². The lowest BCUT2D eigenvalue weighted by Gasteiger charge is -2.28. The molecule has 13 nitrogen and oxygen atoms in total. The number of nitriles is 1. The Hall–Kier alpha value is -6.42. The summed E-state index contributed by atoms with van der Waals surface area (Å²) in [6.07, 6.45) is -0.743. The highest BCUT2D eigenvalue weighted by Crippen LogP contribution is 2.38. The smallest absolute Gasteiger partial charge is 0.410 e. The average Bonchev–Trinajstić information content (AvgIpc) is 3.20. The van der Waals surface area contributed by atoms with E-state index in [1.54, 1.807) is 32.9 Å². The maximum absolute atomic E-state index is 14.7. The fourth-order valence-corrected chi connectivity index (χ4v) is 5.77. The quantitative estimate of drug-likeness (QED) is 0.259. The van der Waals surface area contributed by atoms with Gasteiger partial charge >= 0.3 is 12.1 Å². The number of nitrogens with zero attached hydrogens (tertiary/aromatic N) is 4. The molecule has 1 aliphatic rings. The number of anilines is 2. The molecule has 1 heterocycles. The van der Waals surface area contributed by atoms with Gasteiger partial charge in [-0.25, -0.2) is 9.59 Å². The number of hydrogen-bond donors (Lipinski definition) is 2. The van der Waals surface area contributed by atoms with E-state index in [9.17, 15) is 34.3 Å². The van der Waals surface area contributed by atoms with Crippen molar-refractivity contribution >= 4 is 51.9 Å². The van der Waals surface area contributed by atoms with Crippen LogP contribution in [-0.2, 0) is 20.9 Å². The Morgan fingerprint density at radius 3 is 2.31 bits per heavy atom. The second-order valence-corrected chi connectivity index (χ2v) is 13.0. The highest BCUT2D eigenvalue weighted by atomic mass is 16.6. The number of amides is 4. The number of benzene rings is 4. The van der Waals surface area contributed by atoms with Crippen molar-refractivity contribution < 1.29 is 38.6 Å². The Morgan fingerprint density at radius 2 is 1.67 bits per heavy atom. The molecule has 0 saturated carbocycles. The SMILES string of the molecule is COc1ccc2ccccc2c1CN1C(=O)C(NC(=O)CN(C)C(=O)OC(C)(C)C)CN(C(=O)c2ccc(C(=O)O)cc2)c2cc(C#N)ccc21. The van der Waals surface area contributed by atoms with Gasteiger partial charge in [0.2, 0.25) is 5.91 Å². The summed E-state index contributed by atoms with van der Waals surface area (Å²) in [6.45, 7) is 4.23. The predicted octanol–water partition coefficient (Wildman–Crippen LogP) is 4.96. The lowest BCUT2D eigenvalue weighted by atomic mass is 10.0. The van der Waals surface area contributed by atoms with Gasteiger partial charge < -0.3 is 34.6 Å². The van der Waals surface area contributed by atoms with Crippen LogP contribution in [0, 0.1) is 11.3 Å². The molecule has 4 amide bonds. The van der Waals surface area contributed by atoms with Crippen molar-refractivity contribution in [3.05, 3.63) is 101 Å². The van der Waals surface area contributed by atoms with Crippen LogP contribution in [0.2, 0.25) is 0 Å². The Balaban J connectivity index is 1.61. The van der Waals surface area contributed by atoms with Crippen LogP contribution in [0.25, 0.3) is 10.8 Å². The van der Waals surface area contributed by atoms with Crippen molar-refractivity contribution in [2.45, 2.75) is 39.0 Å². The molecule has 51 heavy (non-hydrogen) atoms. The summed E-state index contributed by atoms with van der Waals surface area (Å²) in [5, 5.41) is 23.7. The Kier molecular flexibility index (Phi) is 10.3. The van der Waals surface area contributed by atoms with Crippen LogP contribution >= 0.6 is 0 Å². The molecular formula is C38H37N5O8. The molecule has 0 aromatic heterocycles. The maximum Gasteiger partial charge on any atom is 0.410 e. The zero-order chi connectivity index (χ0) is 37.0. The molecule has 262 valence electrons. The fourth-order valence-electron chi connectivity index (χ4n) is 5.77. The van der Waals surface area contributed by atoms with Crippen LogP contribution in [0.5, 0.6) is 5.75 Å². The molecule has 2 N–H and O–H groups in total. The number of carboxylic acids is 1. The van der Waals surface area contributed by atoms with Crippen molar-refractivity contribution in [1.29, 1.82) is 5.26 Å². The first-order valence-corrected chi connectivity index (χ1v) is 16.0. The number of nitrogens with one attached hydrogen (secondary N) is 1. The Bertz CT molecular complexity index is 2070. The van der Waals surface area contributed by atoms with Crippen molar-refractivity contribution in [3.8, 4) is 11.8 Å². The summed E-state index contributed by atoms with van der Waals surface area (Å²) in [5.74, 6) is -2.53. The van der Waals surface area contributed by atoms with Gasteiger partial charge in [-0.2, -0.15) is 5.26 Å². The number of methoxy groups -OCH3 is 1. The zero-order valence-electron chi connectivity index (χ0n) is 28.8. The minimum absolute atomic E-state index is 0.0285. The zero-order valence-corrected chi connectivity index (χ0v) is 28.8. The van der Waals surface area contributed by atoms with E-state index in [-0.39, 0.29) is 41.2 Å². The predicted molar refractivity (Wildman–Crippen MR) is 189 cm³/mol. The molecular weight excluding hydrogens is 654 g/mol. The highest BCUT2D eigenvalue weighted by Gasteiger charge is 2.38. The molecule has 13 heteroatoms. The standard InChI is InChI=1S/C38H37N5O8/c1-38(2,3)51-37(49)41(4)22-33(44)40-29-21-43(34(45)25-11-13-26(14-12-25)36(47)48)31-18-23(19-39)10-16-30(31)42(35(29)46)20-28-27-9-7-6-8-24(27)15-17-32(28)50-5/h6-18,29H,20-22H2,1-5H3,(H,40,44)(H,47,48). The molecule has 0 saturated heterocycles. The number of likely N-dealkylation sites (N-methyl/N-ethyl adjacent to an activating group) is 1. The van der Waals surface area contributed by atoms with E-state index in [2.05, 4.69) is 11.4 Å². The van der Waals surface area contributed by atoms with E-state index in [1.807, 2.05) is 30.3 Å². The molecule has 1 aliphatic heterocycles. The van der Waals surface area contributed by atoms with Gasteiger partial charge in [-0.3, -0.25) is 14.4 Å². The Labute approximate surface area is 294 Å². The van der Waals surface area contributed by atoms with E-state index >= 15 is 0 Å². The van der Waals surface area contributed by atoms with Gasteiger partial charge in [0.15, 0.2) is 0 Å². The second-order valence-electron chi connectivity index (χ2n) is 13.0. The summed E-state index contributed by atoms with van der Waals surface area (Å²) in [5.41, 5.74) is 0.657. The van der Waals surface area contributed by atoms with E-state index in [0.717, 1.165) is 15.7 Å². The molecule has 0 spiro atoms. The van der Waals surface area contributed by atoms with Crippen LogP contribution in [0.15, 0.2) is 78.9 Å². The van der Waals surface area contributed by atoms with Crippen molar-refractivity contribution in [2.24, 2.45) is 0 Å². The normalized spacial score (nSPS) is 14.2. The van der Waals surface area contributed by atoms with Gasteiger partial charge in [-0.15, -0.1) is 0 Å². The topological polar surface area (TPSA) is 170 Å². The third-order valence-corrected chi connectivity index (χ3v) is 8.19. The third-order valence-electron chi connectivity index (χ3n) is 8.19. The van der Waals surface area contributed by atoms with Crippen LogP contribution < -0.4 is 19.9 Å². The number of hydrogen-bond acceptors (Lipinski definition) is 8. The monoisotopic (exact) mass is 691 g/mol. The maximum atomic E-state index is 14.7. The lowest BCUT2D eigenvalue weighted by molar-refractivity contribution is -0.127. The summed E-state index contributed by atoms with van der Waals surface area (Å²) in [7, 11) is 2.91. The summed E-state index contributed by atoms with van der Waals surface area (Å²) >= 11 is 0. The molecule has 4 aromatic rings. The minimum atomic E-state index is -1.33. The fraction of sp³-hybridized carbons (Fsp3) is 0.263. The van der Waals surface area contributed by atoms with Gasteiger partial charge in [-0.05, 0) is 80.1 Å². The first kappa shape index (κ1) is 35.9. The van der Waals surface area contributed by atoms with E-state index in [1.165, 1.54) is 60.4 Å². The highest BCUT2D eigenvalue weighted by molar-refractivity contribution is 6.13. The van der Waals surface area contributed by atoms with Crippen LogP contribution in [0.4, 0.5) is 16.2 Å². The molecule has 0 aliphatic carbocycles. The van der Waals surface area contributed by atoms with Gasteiger partial charge in [0.1, 0.15) is 23.9 Å².